The molecule has 1 aliphatic heterocycles. The van der Waals surface area contributed by atoms with Crippen LogP contribution in [0.1, 0.15) is 52.2 Å². The average molecular weight is 363 g/mol. The Balaban J connectivity index is 1.59. The van der Waals surface area contributed by atoms with Crippen molar-refractivity contribution in [1.29, 1.82) is 0 Å². The van der Waals surface area contributed by atoms with Crippen LogP contribution in [-0.2, 0) is 0 Å². The Morgan fingerprint density at radius 2 is 1.89 bits per heavy atom. The summed E-state index contributed by atoms with van der Waals surface area (Å²) in [5.41, 5.74) is 4.20. The molecular formula is C20H21N5O2. The zero-order chi connectivity index (χ0) is 19.0. The molecule has 0 bridgehead atoms. The Morgan fingerprint density at radius 3 is 2.52 bits per heavy atom. The third-order valence-corrected chi connectivity index (χ3v) is 4.99. The minimum absolute atomic E-state index is 0.0301. The fraction of sp³-hybridized carbons (Fsp3) is 0.350. The Hall–Kier alpha value is -3.09. The van der Waals surface area contributed by atoms with E-state index in [0.29, 0.717) is 17.9 Å². The number of hydrogen-bond donors (Lipinski definition) is 0. The lowest BCUT2D eigenvalue weighted by atomic mass is 10.0. The van der Waals surface area contributed by atoms with Gasteiger partial charge in [0.1, 0.15) is 11.6 Å². The van der Waals surface area contributed by atoms with Gasteiger partial charge in [0.25, 0.3) is 5.91 Å². The Labute approximate surface area is 157 Å². The third-order valence-electron chi connectivity index (χ3n) is 4.99. The summed E-state index contributed by atoms with van der Waals surface area (Å²) in [7, 11) is 0. The van der Waals surface area contributed by atoms with Crippen molar-refractivity contribution in [2.75, 3.05) is 6.54 Å². The molecule has 0 N–H and O–H groups in total. The van der Waals surface area contributed by atoms with Crippen molar-refractivity contribution >= 4 is 5.91 Å². The Morgan fingerprint density at radius 1 is 1.11 bits per heavy atom. The summed E-state index contributed by atoms with van der Waals surface area (Å²) in [6, 6.07) is 3.98. The maximum absolute atomic E-state index is 12.9. The summed E-state index contributed by atoms with van der Waals surface area (Å²) in [6.45, 7) is 6.33. The monoisotopic (exact) mass is 363 g/mol. The van der Waals surface area contributed by atoms with E-state index in [9.17, 15) is 4.79 Å². The fourth-order valence-electron chi connectivity index (χ4n) is 3.63. The number of likely N-dealkylation sites (tertiary alicyclic amines) is 1. The van der Waals surface area contributed by atoms with Gasteiger partial charge in [-0.15, -0.1) is 0 Å². The van der Waals surface area contributed by atoms with Gasteiger partial charge in [-0.2, -0.15) is 0 Å². The zero-order valence-corrected chi connectivity index (χ0v) is 15.6. The van der Waals surface area contributed by atoms with Gasteiger partial charge in [-0.1, -0.05) is 11.2 Å². The Kier molecular flexibility index (Phi) is 4.43. The molecule has 0 saturated carbocycles. The SMILES string of the molecule is Cc1ncc(C(=O)N2CCCC2c2ccc(-c3c(C)noc3C)cn2)cn1. The molecule has 27 heavy (non-hydrogen) atoms. The van der Waals surface area contributed by atoms with E-state index in [0.717, 1.165) is 41.1 Å². The fourth-order valence-corrected chi connectivity index (χ4v) is 3.63. The largest absolute Gasteiger partial charge is 0.361 e. The molecule has 1 unspecified atom stereocenters. The summed E-state index contributed by atoms with van der Waals surface area (Å²) < 4.78 is 5.24. The first-order valence-electron chi connectivity index (χ1n) is 9.03. The van der Waals surface area contributed by atoms with Crippen LogP contribution in [0, 0.1) is 20.8 Å². The van der Waals surface area contributed by atoms with Gasteiger partial charge in [-0.05, 0) is 39.7 Å². The molecule has 4 heterocycles. The highest BCUT2D eigenvalue weighted by Crippen LogP contribution is 2.33. The number of carbonyl (C=O) groups excluding carboxylic acids is 1. The van der Waals surface area contributed by atoms with Crippen molar-refractivity contribution in [3.63, 3.8) is 0 Å². The van der Waals surface area contributed by atoms with E-state index in [2.05, 4.69) is 20.1 Å². The highest BCUT2D eigenvalue weighted by atomic mass is 16.5. The summed E-state index contributed by atoms with van der Waals surface area (Å²) in [5, 5.41) is 4.00. The number of pyridine rings is 1. The maximum Gasteiger partial charge on any atom is 0.257 e. The van der Waals surface area contributed by atoms with Gasteiger partial charge in [0, 0.05) is 36.3 Å². The van der Waals surface area contributed by atoms with Crippen molar-refractivity contribution in [3.8, 4) is 11.1 Å². The van der Waals surface area contributed by atoms with Gasteiger partial charge in [0.15, 0.2) is 0 Å². The number of carbonyl (C=O) groups is 1. The lowest BCUT2D eigenvalue weighted by Gasteiger charge is -2.24. The van der Waals surface area contributed by atoms with E-state index >= 15 is 0 Å². The van der Waals surface area contributed by atoms with Crippen molar-refractivity contribution < 1.29 is 9.32 Å². The summed E-state index contributed by atoms with van der Waals surface area (Å²) in [5.74, 6) is 1.38. The standard InChI is InChI=1S/C20H21N5O2/c1-12-19(13(2)27-24-12)15-6-7-17(23-9-15)18-5-4-8-25(18)20(26)16-10-21-14(3)22-11-16/h6-7,9-11,18H,4-5,8H2,1-3H3. The second kappa shape index (κ2) is 6.90. The average Bonchev–Trinajstić information content (AvgIpc) is 3.29. The van der Waals surface area contributed by atoms with Crippen LogP contribution in [0.4, 0.5) is 0 Å². The van der Waals surface area contributed by atoms with Gasteiger partial charge in [0.2, 0.25) is 0 Å². The molecule has 138 valence electrons. The van der Waals surface area contributed by atoms with Crippen molar-refractivity contribution in [2.45, 2.75) is 39.7 Å². The van der Waals surface area contributed by atoms with Crippen LogP contribution in [0.15, 0.2) is 35.2 Å². The van der Waals surface area contributed by atoms with Crippen LogP contribution >= 0.6 is 0 Å². The van der Waals surface area contributed by atoms with Crippen LogP contribution in [0.5, 0.6) is 0 Å². The first-order valence-corrected chi connectivity index (χ1v) is 9.03. The minimum Gasteiger partial charge on any atom is -0.361 e. The molecule has 1 fully saturated rings. The minimum atomic E-state index is -0.0471. The number of amides is 1. The summed E-state index contributed by atoms with van der Waals surface area (Å²) in [4.78, 5) is 27.7. The molecule has 7 heteroatoms. The molecule has 1 amide bonds. The second-order valence-corrected chi connectivity index (χ2v) is 6.85. The van der Waals surface area contributed by atoms with E-state index in [-0.39, 0.29) is 11.9 Å². The van der Waals surface area contributed by atoms with Crippen LogP contribution in [0.3, 0.4) is 0 Å². The maximum atomic E-state index is 12.9. The second-order valence-electron chi connectivity index (χ2n) is 6.85. The molecular weight excluding hydrogens is 342 g/mol. The molecule has 7 nitrogen and oxygen atoms in total. The van der Waals surface area contributed by atoms with Crippen LogP contribution in [0.25, 0.3) is 11.1 Å². The Bertz CT molecular complexity index is 944. The first-order chi connectivity index (χ1) is 13.0. The molecule has 0 aliphatic carbocycles. The lowest BCUT2D eigenvalue weighted by molar-refractivity contribution is 0.0732. The quantitative estimate of drug-likeness (QED) is 0.709. The molecule has 3 aromatic heterocycles. The normalized spacial score (nSPS) is 16.7. The predicted molar refractivity (Wildman–Crippen MR) is 99.0 cm³/mol. The number of aryl methyl sites for hydroxylation is 3. The van der Waals surface area contributed by atoms with E-state index in [1.54, 1.807) is 19.3 Å². The zero-order valence-electron chi connectivity index (χ0n) is 15.6. The first kappa shape index (κ1) is 17.3. The molecule has 1 atom stereocenters. The number of rotatable bonds is 3. The lowest BCUT2D eigenvalue weighted by Crippen LogP contribution is -2.31. The number of nitrogens with zero attached hydrogens (tertiary/aromatic N) is 5. The molecule has 1 saturated heterocycles. The third kappa shape index (κ3) is 3.20. The topological polar surface area (TPSA) is 85.0 Å². The van der Waals surface area contributed by atoms with Crippen LogP contribution < -0.4 is 0 Å². The van der Waals surface area contributed by atoms with Crippen molar-refractivity contribution in [3.05, 3.63) is 59.3 Å². The van der Waals surface area contributed by atoms with E-state index in [1.165, 1.54) is 0 Å². The summed E-state index contributed by atoms with van der Waals surface area (Å²) in [6.07, 6.45) is 6.87. The molecule has 4 rings (SSSR count). The molecule has 3 aromatic rings. The highest BCUT2D eigenvalue weighted by molar-refractivity contribution is 5.94. The molecule has 0 aromatic carbocycles. The summed E-state index contributed by atoms with van der Waals surface area (Å²) >= 11 is 0. The number of aromatic nitrogens is 4. The van der Waals surface area contributed by atoms with E-state index in [1.807, 2.05) is 37.1 Å². The van der Waals surface area contributed by atoms with Crippen molar-refractivity contribution in [1.82, 2.24) is 25.0 Å². The molecule has 0 spiro atoms. The molecule has 1 aliphatic rings. The van der Waals surface area contributed by atoms with E-state index in [4.69, 9.17) is 4.52 Å². The number of hydrogen-bond acceptors (Lipinski definition) is 6. The van der Waals surface area contributed by atoms with Gasteiger partial charge in [-0.3, -0.25) is 9.78 Å². The van der Waals surface area contributed by atoms with Crippen molar-refractivity contribution in [2.24, 2.45) is 0 Å². The van der Waals surface area contributed by atoms with Gasteiger partial charge in [-0.25, -0.2) is 9.97 Å². The van der Waals surface area contributed by atoms with Gasteiger partial charge >= 0.3 is 0 Å². The van der Waals surface area contributed by atoms with Gasteiger partial charge in [0.05, 0.1) is 23.0 Å². The smallest absolute Gasteiger partial charge is 0.257 e. The highest BCUT2D eigenvalue weighted by Gasteiger charge is 2.31. The predicted octanol–water partition coefficient (Wildman–Crippen LogP) is 3.43. The van der Waals surface area contributed by atoms with E-state index < -0.39 is 0 Å². The van der Waals surface area contributed by atoms with Gasteiger partial charge < -0.3 is 9.42 Å². The molecule has 0 radical (unpaired) electrons. The van der Waals surface area contributed by atoms with Crippen LogP contribution in [0.2, 0.25) is 0 Å². The van der Waals surface area contributed by atoms with Crippen LogP contribution in [-0.4, -0.2) is 37.5 Å².